The van der Waals surface area contributed by atoms with Crippen LogP contribution in [-0.2, 0) is 9.59 Å². The molecule has 1 aliphatic heterocycles. The third-order valence-corrected chi connectivity index (χ3v) is 3.64. The summed E-state index contributed by atoms with van der Waals surface area (Å²) in [4.78, 5) is 24.9. The minimum Gasteiger partial charge on any atom is -0.481 e. The van der Waals surface area contributed by atoms with Crippen molar-refractivity contribution in [3.05, 3.63) is 35.4 Å². The van der Waals surface area contributed by atoms with Gasteiger partial charge in [0.05, 0.1) is 12.0 Å². The fourth-order valence-electron chi connectivity index (χ4n) is 2.84. The van der Waals surface area contributed by atoms with Gasteiger partial charge in [-0.3, -0.25) is 9.59 Å². The largest absolute Gasteiger partial charge is 0.481 e. The first-order valence-corrected chi connectivity index (χ1v) is 6.63. The number of amides is 1. The zero-order valence-corrected chi connectivity index (χ0v) is 12.1. The normalized spacial score (nSPS) is 22.7. The number of likely N-dealkylation sites (tertiary alicyclic amines) is 1. The summed E-state index contributed by atoms with van der Waals surface area (Å²) in [5.41, 5.74) is -0.784. The lowest BCUT2D eigenvalue weighted by Crippen LogP contribution is -2.44. The Hall–Kier alpha value is -1.98. The summed E-state index contributed by atoms with van der Waals surface area (Å²) >= 11 is 0. The number of halogens is 2. The predicted molar refractivity (Wildman–Crippen MR) is 71.4 cm³/mol. The Morgan fingerprint density at radius 1 is 1.33 bits per heavy atom. The Bertz CT molecular complexity index is 595. The number of hydrogen-bond donors (Lipinski definition) is 1. The van der Waals surface area contributed by atoms with Gasteiger partial charge in [0.25, 0.3) is 0 Å². The third-order valence-electron chi connectivity index (χ3n) is 3.64. The molecule has 0 spiro atoms. The molecule has 4 nitrogen and oxygen atoms in total. The van der Waals surface area contributed by atoms with E-state index < -0.39 is 35.1 Å². The van der Waals surface area contributed by atoms with Gasteiger partial charge in [-0.1, -0.05) is 0 Å². The summed E-state index contributed by atoms with van der Waals surface area (Å²) in [6.07, 6.45) is -0.215. The summed E-state index contributed by atoms with van der Waals surface area (Å²) in [6, 6.07) is 1.87. The van der Waals surface area contributed by atoms with Crippen LogP contribution in [0.15, 0.2) is 18.2 Å². The van der Waals surface area contributed by atoms with Crippen LogP contribution in [0.5, 0.6) is 0 Å². The predicted octanol–water partition coefficient (Wildman–Crippen LogP) is 2.74. The molecule has 6 heteroatoms. The monoisotopic (exact) mass is 297 g/mol. The molecule has 1 aromatic carbocycles. The standard InChI is InChI=1S/C15H17F2NO3/c1-15(2,3)18-12(19)7-10(14(20)21)13(18)9-6-8(16)4-5-11(9)17/h4-6,10,13H,7H2,1-3H3,(H,20,21). The van der Waals surface area contributed by atoms with E-state index in [1.165, 1.54) is 4.90 Å². The summed E-state index contributed by atoms with van der Waals surface area (Å²) in [6.45, 7) is 5.21. The van der Waals surface area contributed by atoms with Crippen molar-refractivity contribution >= 4 is 11.9 Å². The maximum absolute atomic E-state index is 14.0. The lowest BCUT2D eigenvalue weighted by Gasteiger charge is -2.38. The molecule has 0 radical (unpaired) electrons. The van der Waals surface area contributed by atoms with Gasteiger partial charge in [-0.05, 0) is 39.0 Å². The molecule has 1 fully saturated rings. The average molecular weight is 297 g/mol. The lowest BCUT2D eigenvalue weighted by molar-refractivity contribution is -0.143. The lowest BCUT2D eigenvalue weighted by atomic mass is 9.91. The van der Waals surface area contributed by atoms with Crippen molar-refractivity contribution in [1.82, 2.24) is 4.90 Å². The molecule has 1 aliphatic rings. The van der Waals surface area contributed by atoms with Crippen molar-refractivity contribution in [3.8, 4) is 0 Å². The zero-order valence-electron chi connectivity index (χ0n) is 12.1. The van der Waals surface area contributed by atoms with Crippen LogP contribution in [0.1, 0.15) is 38.8 Å². The minimum atomic E-state index is -1.19. The third kappa shape index (κ3) is 2.75. The minimum absolute atomic E-state index is 0.0943. The molecule has 1 N–H and O–H groups in total. The van der Waals surface area contributed by atoms with Crippen LogP contribution < -0.4 is 0 Å². The second-order valence-corrected chi connectivity index (χ2v) is 6.19. The summed E-state index contributed by atoms with van der Waals surface area (Å²) in [5.74, 6) is -4.03. The Morgan fingerprint density at radius 3 is 2.48 bits per heavy atom. The van der Waals surface area contributed by atoms with E-state index in [2.05, 4.69) is 0 Å². The van der Waals surface area contributed by atoms with Gasteiger partial charge in [0.1, 0.15) is 11.6 Å². The molecule has 0 saturated carbocycles. The van der Waals surface area contributed by atoms with Gasteiger partial charge in [-0.15, -0.1) is 0 Å². The van der Waals surface area contributed by atoms with Crippen LogP contribution in [0.3, 0.4) is 0 Å². The van der Waals surface area contributed by atoms with E-state index >= 15 is 0 Å². The molecule has 1 saturated heterocycles. The Labute approximate surface area is 121 Å². The van der Waals surface area contributed by atoms with Crippen LogP contribution in [0.4, 0.5) is 8.78 Å². The number of rotatable bonds is 2. The quantitative estimate of drug-likeness (QED) is 0.913. The van der Waals surface area contributed by atoms with E-state index in [4.69, 9.17) is 0 Å². The molecule has 2 rings (SSSR count). The van der Waals surface area contributed by atoms with Crippen LogP contribution in [-0.4, -0.2) is 27.4 Å². The molecular formula is C15H17F2NO3. The maximum atomic E-state index is 14.0. The second kappa shape index (κ2) is 5.09. The summed E-state index contributed by atoms with van der Waals surface area (Å²) in [7, 11) is 0. The zero-order chi connectivity index (χ0) is 15.9. The number of carbonyl (C=O) groups excluding carboxylic acids is 1. The van der Waals surface area contributed by atoms with Crippen molar-refractivity contribution in [2.75, 3.05) is 0 Å². The van der Waals surface area contributed by atoms with Crippen LogP contribution in [0, 0.1) is 17.6 Å². The molecule has 2 atom stereocenters. The molecule has 0 bridgehead atoms. The topological polar surface area (TPSA) is 57.6 Å². The van der Waals surface area contributed by atoms with E-state index in [1.807, 2.05) is 0 Å². The van der Waals surface area contributed by atoms with Gasteiger partial charge in [0.2, 0.25) is 5.91 Å². The molecule has 1 amide bonds. The molecule has 114 valence electrons. The average Bonchev–Trinajstić information content (AvgIpc) is 2.69. The fourth-order valence-corrected chi connectivity index (χ4v) is 2.84. The molecule has 0 aliphatic carbocycles. The number of nitrogens with zero attached hydrogens (tertiary/aromatic N) is 1. The van der Waals surface area contributed by atoms with E-state index in [1.54, 1.807) is 20.8 Å². The summed E-state index contributed by atoms with van der Waals surface area (Å²) in [5, 5.41) is 9.31. The highest BCUT2D eigenvalue weighted by Crippen LogP contribution is 2.43. The molecular weight excluding hydrogens is 280 g/mol. The van der Waals surface area contributed by atoms with Crippen LogP contribution >= 0.6 is 0 Å². The van der Waals surface area contributed by atoms with Crippen molar-refractivity contribution < 1.29 is 23.5 Å². The smallest absolute Gasteiger partial charge is 0.309 e. The van der Waals surface area contributed by atoms with E-state index in [9.17, 15) is 23.5 Å². The maximum Gasteiger partial charge on any atom is 0.309 e. The molecule has 2 unspecified atom stereocenters. The Kier molecular flexibility index (Phi) is 3.74. The highest BCUT2D eigenvalue weighted by atomic mass is 19.1. The number of carboxylic acid groups (broad SMARTS) is 1. The van der Waals surface area contributed by atoms with Gasteiger partial charge < -0.3 is 10.0 Å². The number of hydrogen-bond acceptors (Lipinski definition) is 2. The van der Waals surface area contributed by atoms with E-state index in [-0.39, 0.29) is 17.9 Å². The van der Waals surface area contributed by atoms with Gasteiger partial charge in [0, 0.05) is 17.5 Å². The van der Waals surface area contributed by atoms with E-state index in [0.29, 0.717) is 0 Å². The fraction of sp³-hybridized carbons (Fsp3) is 0.467. The van der Waals surface area contributed by atoms with Gasteiger partial charge in [0.15, 0.2) is 0 Å². The highest BCUT2D eigenvalue weighted by Gasteiger charge is 2.49. The van der Waals surface area contributed by atoms with Crippen LogP contribution in [0.25, 0.3) is 0 Å². The Morgan fingerprint density at radius 2 is 1.95 bits per heavy atom. The molecule has 21 heavy (non-hydrogen) atoms. The first-order valence-electron chi connectivity index (χ1n) is 6.63. The molecule has 0 aromatic heterocycles. The van der Waals surface area contributed by atoms with Crippen molar-refractivity contribution in [2.45, 2.75) is 38.8 Å². The first kappa shape index (κ1) is 15.4. The number of benzene rings is 1. The van der Waals surface area contributed by atoms with Crippen molar-refractivity contribution in [1.29, 1.82) is 0 Å². The number of aliphatic carboxylic acids is 1. The first-order chi connectivity index (χ1) is 9.62. The second-order valence-electron chi connectivity index (χ2n) is 6.19. The number of carboxylic acids is 1. The van der Waals surface area contributed by atoms with Gasteiger partial charge in [-0.25, -0.2) is 8.78 Å². The SMILES string of the molecule is CC(C)(C)N1C(=O)CC(C(=O)O)C1c1cc(F)ccc1F. The van der Waals surface area contributed by atoms with Crippen molar-refractivity contribution in [2.24, 2.45) is 5.92 Å². The highest BCUT2D eigenvalue weighted by molar-refractivity contribution is 5.88. The molecule has 1 heterocycles. The van der Waals surface area contributed by atoms with Gasteiger partial charge in [-0.2, -0.15) is 0 Å². The van der Waals surface area contributed by atoms with Crippen molar-refractivity contribution in [3.63, 3.8) is 0 Å². The van der Waals surface area contributed by atoms with Gasteiger partial charge >= 0.3 is 5.97 Å². The van der Waals surface area contributed by atoms with E-state index in [0.717, 1.165) is 18.2 Å². The Balaban J connectivity index is 2.60. The van der Waals surface area contributed by atoms with Crippen LogP contribution in [0.2, 0.25) is 0 Å². The molecule has 1 aromatic rings. The number of carbonyl (C=O) groups is 2. The summed E-state index contributed by atoms with van der Waals surface area (Å²) < 4.78 is 27.5.